The van der Waals surface area contributed by atoms with Gasteiger partial charge in [-0.2, -0.15) is 0 Å². The normalized spacial score (nSPS) is 18.4. The van der Waals surface area contributed by atoms with E-state index in [1.807, 2.05) is 0 Å². The van der Waals surface area contributed by atoms with Gasteiger partial charge in [-0.25, -0.2) is 0 Å². The van der Waals surface area contributed by atoms with Gasteiger partial charge in [-0.1, -0.05) is 0 Å². The molecule has 0 aromatic carbocycles. The number of hydrogen-bond acceptors (Lipinski definition) is 2. The Hall–Kier alpha value is -0.0105. The zero-order valence-electron chi connectivity index (χ0n) is 16.6. The SMILES string of the molecule is CC(C)(C)CC(C)(C)N1CCN(C(C)(C)CC(C)(C)C)C1=[Se]. The van der Waals surface area contributed by atoms with Gasteiger partial charge in [0.15, 0.2) is 0 Å². The second-order valence-corrected chi connectivity index (χ2v) is 11.5. The van der Waals surface area contributed by atoms with Gasteiger partial charge in [0.05, 0.1) is 0 Å². The van der Waals surface area contributed by atoms with Crippen molar-refractivity contribution in [3.05, 3.63) is 0 Å². The van der Waals surface area contributed by atoms with Crippen molar-refractivity contribution in [2.24, 2.45) is 10.8 Å². The monoisotopic (exact) mass is 374 g/mol. The van der Waals surface area contributed by atoms with Crippen LogP contribution < -0.4 is 0 Å². The van der Waals surface area contributed by atoms with Crippen molar-refractivity contribution in [3.63, 3.8) is 0 Å². The summed E-state index contributed by atoms with van der Waals surface area (Å²) in [6.07, 6.45) is 2.39. The quantitative estimate of drug-likeness (QED) is 0.679. The summed E-state index contributed by atoms with van der Waals surface area (Å²) in [6, 6.07) is 0. The van der Waals surface area contributed by atoms with Gasteiger partial charge in [0.2, 0.25) is 0 Å². The maximum absolute atomic E-state index is 3.39. The fourth-order valence-electron chi connectivity index (χ4n) is 4.45. The summed E-state index contributed by atoms with van der Waals surface area (Å²) in [6.45, 7) is 25.8. The molecule has 22 heavy (non-hydrogen) atoms. The molecule has 0 unspecified atom stereocenters. The van der Waals surface area contributed by atoms with Crippen LogP contribution >= 0.6 is 0 Å². The fourth-order valence-corrected chi connectivity index (χ4v) is 5.87. The summed E-state index contributed by atoms with van der Waals surface area (Å²) in [5.41, 5.74) is 1.06. The number of nitrogens with zero attached hydrogens (tertiary/aromatic N) is 2. The zero-order valence-corrected chi connectivity index (χ0v) is 18.3. The van der Waals surface area contributed by atoms with E-state index in [-0.39, 0.29) is 11.1 Å². The standard InChI is InChI=1S/C19H38N2Se/c1-16(2,3)13-18(7,8)20-11-12-21(15(20)22)19(9,10)14-17(4,5)6/h11-14H2,1-10H3. The van der Waals surface area contributed by atoms with E-state index in [0.29, 0.717) is 10.8 Å². The Bertz CT molecular complexity index is 372. The molecule has 0 spiro atoms. The molecule has 1 fully saturated rings. The van der Waals surface area contributed by atoms with E-state index in [1.165, 1.54) is 17.5 Å². The first-order valence-corrected chi connectivity index (χ1v) is 9.50. The predicted octanol–water partition coefficient (Wildman–Crippen LogP) is 4.29. The van der Waals surface area contributed by atoms with E-state index < -0.39 is 0 Å². The van der Waals surface area contributed by atoms with Crippen LogP contribution in [0.3, 0.4) is 0 Å². The molecule has 1 heterocycles. The van der Waals surface area contributed by atoms with Crippen LogP contribution in [0.25, 0.3) is 0 Å². The molecule has 1 saturated heterocycles. The van der Waals surface area contributed by atoms with Crippen LogP contribution in [0.5, 0.6) is 0 Å². The van der Waals surface area contributed by atoms with Crippen LogP contribution in [0.2, 0.25) is 0 Å². The average molecular weight is 373 g/mol. The summed E-state index contributed by atoms with van der Waals surface area (Å²) in [5.74, 6) is 0. The molecular formula is C19H38N2Se. The van der Waals surface area contributed by atoms with E-state index >= 15 is 0 Å². The third-order valence-corrected chi connectivity index (χ3v) is 5.32. The Morgan fingerprint density at radius 1 is 0.682 bits per heavy atom. The van der Waals surface area contributed by atoms with E-state index in [0.717, 1.165) is 13.1 Å². The molecule has 3 heteroatoms. The first-order chi connectivity index (χ1) is 9.55. The van der Waals surface area contributed by atoms with Crippen molar-refractivity contribution in [3.8, 4) is 0 Å². The third kappa shape index (κ3) is 5.27. The first kappa shape index (κ1) is 20.0. The molecule has 1 rings (SSSR count). The molecule has 1 aliphatic rings. The molecule has 0 N–H and O–H groups in total. The molecule has 0 aromatic heterocycles. The average Bonchev–Trinajstić information content (AvgIpc) is 2.52. The number of rotatable bonds is 4. The Morgan fingerprint density at radius 3 is 1.18 bits per heavy atom. The molecular weight excluding hydrogens is 335 g/mol. The van der Waals surface area contributed by atoms with Crippen molar-refractivity contribution in [2.75, 3.05) is 13.1 Å². The minimum absolute atomic E-state index is 0.186. The molecule has 130 valence electrons. The predicted molar refractivity (Wildman–Crippen MR) is 100 cm³/mol. The van der Waals surface area contributed by atoms with E-state index in [4.69, 9.17) is 0 Å². The Kier molecular flexibility index (Phi) is 5.58. The van der Waals surface area contributed by atoms with Gasteiger partial charge in [0.1, 0.15) is 0 Å². The van der Waals surface area contributed by atoms with Gasteiger partial charge in [0, 0.05) is 0 Å². The van der Waals surface area contributed by atoms with Crippen molar-refractivity contribution >= 4 is 20.2 Å². The summed E-state index contributed by atoms with van der Waals surface area (Å²) < 4.78 is 1.34. The van der Waals surface area contributed by atoms with Crippen LogP contribution in [0, 0.1) is 10.8 Å². The molecule has 0 bridgehead atoms. The molecule has 0 saturated carbocycles. The van der Waals surface area contributed by atoms with Crippen molar-refractivity contribution < 1.29 is 0 Å². The van der Waals surface area contributed by atoms with E-state index in [2.05, 4.69) is 94.6 Å². The van der Waals surface area contributed by atoms with Crippen molar-refractivity contribution in [2.45, 2.75) is 93.2 Å². The van der Waals surface area contributed by atoms with Gasteiger partial charge in [-0.15, -0.1) is 0 Å². The molecule has 0 atom stereocenters. The second kappa shape index (κ2) is 6.13. The number of hydrogen-bond donors (Lipinski definition) is 0. The Labute approximate surface area is 147 Å². The molecule has 2 nitrogen and oxygen atoms in total. The van der Waals surface area contributed by atoms with Crippen LogP contribution in [-0.2, 0) is 0 Å². The third-order valence-electron chi connectivity index (χ3n) is 4.40. The summed E-state index contributed by atoms with van der Waals surface area (Å²) in [5, 5.41) is 0. The van der Waals surface area contributed by atoms with Crippen LogP contribution in [-0.4, -0.2) is 54.2 Å². The Balaban J connectivity index is 2.90. The van der Waals surface area contributed by atoms with Crippen LogP contribution in [0.15, 0.2) is 0 Å². The van der Waals surface area contributed by atoms with Gasteiger partial charge in [0.25, 0.3) is 0 Å². The molecule has 0 amide bonds. The van der Waals surface area contributed by atoms with Gasteiger partial charge in [-0.3, -0.25) is 0 Å². The molecule has 0 radical (unpaired) electrons. The van der Waals surface area contributed by atoms with Crippen LogP contribution in [0.1, 0.15) is 82.1 Å². The zero-order chi connectivity index (χ0) is 17.6. The Morgan fingerprint density at radius 2 is 0.955 bits per heavy atom. The fraction of sp³-hybridized carbons (Fsp3) is 0.947. The van der Waals surface area contributed by atoms with Gasteiger partial charge >= 0.3 is 147 Å². The molecule has 0 aliphatic carbocycles. The molecule has 1 aliphatic heterocycles. The van der Waals surface area contributed by atoms with E-state index in [9.17, 15) is 0 Å². The van der Waals surface area contributed by atoms with Gasteiger partial charge in [-0.05, 0) is 0 Å². The maximum atomic E-state index is 3.39. The van der Waals surface area contributed by atoms with Gasteiger partial charge < -0.3 is 0 Å². The second-order valence-electron chi connectivity index (χ2n) is 10.7. The summed E-state index contributed by atoms with van der Waals surface area (Å²) in [4.78, 5) is 5.17. The topological polar surface area (TPSA) is 6.48 Å². The summed E-state index contributed by atoms with van der Waals surface area (Å²) >= 11 is 3.39. The van der Waals surface area contributed by atoms with Crippen molar-refractivity contribution in [1.29, 1.82) is 0 Å². The minimum atomic E-state index is 0.186. The molecule has 0 aromatic rings. The van der Waals surface area contributed by atoms with E-state index in [1.54, 1.807) is 0 Å². The first-order valence-electron chi connectivity index (χ1n) is 8.65. The van der Waals surface area contributed by atoms with Crippen molar-refractivity contribution in [1.82, 2.24) is 9.80 Å². The summed E-state index contributed by atoms with van der Waals surface area (Å²) in [7, 11) is 0. The van der Waals surface area contributed by atoms with Crippen LogP contribution in [0.4, 0.5) is 0 Å².